The molecule has 1 atom stereocenters. The van der Waals surface area contributed by atoms with Crippen LogP contribution in [0.15, 0.2) is 71.6 Å². The van der Waals surface area contributed by atoms with E-state index < -0.39 is 16.1 Å². The molecule has 0 saturated heterocycles. The highest BCUT2D eigenvalue weighted by atomic mass is 35.5. The van der Waals surface area contributed by atoms with Gasteiger partial charge in [0, 0.05) is 35.9 Å². The van der Waals surface area contributed by atoms with Crippen molar-refractivity contribution in [3.63, 3.8) is 0 Å². The van der Waals surface area contributed by atoms with Crippen molar-refractivity contribution in [2.24, 2.45) is 0 Å². The molecule has 0 amide bonds. The smallest absolute Gasteiger partial charge is 0.263 e. The summed E-state index contributed by atoms with van der Waals surface area (Å²) < 4.78 is 33.6. The summed E-state index contributed by atoms with van der Waals surface area (Å²) in [5, 5.41) is 22.0. The molecule has 3 aromatic carbocycles. The Bertz CT molecular complexity index is 1390. The highest BCUT2D eigenvalue weighted by Gasteiger charge is 2.18. The number of aliphatic hydroxyl groups excluding tert-OH is 1. The highest BCUT2D eigenvalue weighted by Crippen LogP contribution is 2.25. The van der Waals surface area contributed by atoms with E-state index in [1.807, 2.05) is 25.1 Å². The number of ether oxygens (including phenoxy) is 1. The third-order valence-corrected chi connectivity index (χ3v) is 7.13. The second kappa shape index (κ2) is 10.4. The average molecular weight is 501 g/mol. The molecule has 0 spiro atoms. The number of aromatic nitrogens is 2. The molecule has 1 aromatic heterocycles. The van der Waals surface area contributed by atoms with Crippen LogP contribution < -0.4 is 14.8 Å². The maximum Gasteiger partial charge on any atom is 0.263 e. The Morgan fingerprint density at radius 3 is 2.76 bits per heavy atom. The van der Waals surface area contributed by atoms with E-state index in [0.29, 0.717) is 24.4 Å². The van der Waals surface area contributed by atoms with Gasteiger partial charge in [0.2, 0.25) is 0 Å². The minimum atomic E-state index is -3.85. The number of nitrogens with zero attached hydrogens (tertiary/aromatic N) is 1. The minimum absolute atomic E-state index is 0.00847. The number of aryl methyl sites for hydroxylation is 1. The SMILES string of the molecule is Cc1[nH]nc2cc(OCCNC[C@H](O)c3cccc(NS(=O)(=O)c4ccccc4Cl)c3)ccc12. The van der Waals surface area contributed by atoms with Gasteiger partial charge in [0.1, 0.15) is 17.3 Å². The first-order chi connectivity index (χ1) is 16.3. The van der Waals surface area contributed by atoms with Gasteiger partial charge >= 0.3 is 0 Å². The first-order valence-electron chi connectivity index (χ1n) is 10.7. The number of hydrogen-bond acceptors (Lipinski definition) is 6. The van der Waals surface area contributed by atoms with Gasteiger partial charge in [0.15, 0.2) is 0 Å². The van der Waals surface area contributed by atoms with E-state index in [-0.39, 0.29) is 16.5 Å². The van der Waals surface area contributed by atoms with Gasteiger partial charge in [-0.2, -0.15) is 5.10 Å². The Morgan fingerprint density at radius 2 is 1.94 bits per heavy atom. The first-order valence-corrected chi connectivity index (χ1v) is 12.5. The Kier molecular flexibility index (Phi) is 7.38. The number of sulfonamides is 1. The van der Waals surface area contributed by atoms with E-state index in [9.17, 15) is 13.5 Å². The number of aromatic amines is 1. The van der Waals surface area contributed by atoms with E-state index in [2.05, 4.69) is 20.2 Å². The predicted molar refractivity (Wildman–Crippen MR) is 133 cm³/mol. The number of halogens is 1. The number of nitrogens with one attached hydrogen (secondary N) is 3. The average Bonchev–Trinajstić information content (AvgIpc) is 3.19. The quantitative estimate of drug-likeness (QED) is 0.244. The third kappa shape index (κ3) is 5.68. The predicted octanol–water partition coefficient (Wildman–Crippen LogP) is 4.03. The van der Waals surface area contributed by atoms with Gasteiger partial charge in [0.25, 0.3) is 10.0 Å². The summed E-state index contributed by atoms with van der Waals surface area (Å²) in [6, 6.07) is 18.6. The van der Waals surface area contributed by atoms with Crippen LogP contribution in [0.25, 0.3) is 10.9 Å². The number of anilines is 1. The van der Waals surface area contributed by atoms with Crippen LogP contribution >= 0.6 is 11.6 Å². The second-order valence-electron chi connectivity index (χ2n) is 7.76. The number of aliphatic hydroxyl groups is 1. The van der Waals surface area contributed by atoms with Crippen molar-refractivity contribution in [1.29, 1.82) is 0 Å². The standard InChI is InChI=1S/C24H25ClN4O4S/c1-16-20-10-9-19(14-22(20)28-27-16)33-12-11-26-15-23(30)17-5-4-6-18(13-17)29-34(31,32)24-8-3-2-7-21(24)25/h2-10,13-14,23,26,29-30H,11-12,15H2,1H3,(H,27,28)/t23-/m0/s1. The molecule has 178 valence electrons. The molecule has 10 heteroatoms. The molecular formula is C24H25ClN4O4S. The summed E-state index contributed by atoms with van der Waals surface area (Å²) in [5.41, 5.74) is 2.78. The van der Waals surface area contributed by atoms with Gasteiger partial charge in [-0.1, -0.05) is 35.9 Å². The van der Waals surface area contributed by atoms with Crippen LogP contribution in [0.2, 0.25) is 5.02 Å². The Balaban J connectivity index is 1.28. The van der Waals surface area contributed by atoms with Gasteiger partial charge in [-0.25, -0.2) is 8.42 Å². The van der Waals surface area contributed by atoms with Crippen LogP contribution in [0.5, 0.6) is 5.75 Å². The lowest BCUT2D eigenvalue weighted by molar-refractivity contribution is 0.172. The third-order valence-electron chi connectivity index (χ3n) is 5.25. The Morgan fingerprint density at radius 1 is 1.12 bits per heavy atom. The molecule has 34 heavy (non-hydrogen) atoms. The molecule has 0 bridgehead atoms. The zero-order valence-electron chi connectivity index (χ0n) is 18.5. The fourth-order valence-electron chi connectivity index (χ4n) is 3.50. The van der Waals surface area contributed by atoms with E-state index in [1.54, 1.807) is 36.4 Å². The summed E-state index contributed by atoms with van der Waals surface area (Å²) in [4.78, 5) is -0.00847. The molecule has 4 aromatic rings. The Labute approximate surface area is 203 Å². The molecule has 0 saturated carbocycles. The fraction of sp³-hybridized carbons (Fsp3) is 0.208. The van der Waals surface area contributed by atoms with E-state index in [1.165, 1.54) is 12.1 Å². The van der Waals surface area contributed by atoms with Crippen molar-refractivity contribution < 1.29 is 18.3 Å². The van der Waals surface area contributed by atoms with Crippen LogP contribution in [0, 0.1) is 6.92 Å². The molecule has 0 aliphatic carbocycles. The molecule has 0 fully saturated rings. The van der Waals surface area contributed by atoms with Gasteiger partial charge in [-0.15, -0.1) is 0 Å². The molecule has 8 nitrogen and oxygen atoms in total. The monoisotopic (exact) mass is 500 g/mol. The lowest BCUT2D eigenvalue weighted by atomic mass is 10.1. The van der Waals surface area contributed by atoms with Crippen LogP contribution in [-0.2, 0) is 10.0 Å². The molecule has 4 N–H and O–H groups in total. The molecule has 0 aliphatic rings. The number of H-pyrrole nitrogens is 1. The summed E-state index contributed by atoms with van der Waals surface area (Å²) >= 11 is 6.02. The zero-order chi connectivity index (χ0) is 24.1. The largest absolute Gasteiger partial charge is 0.492 e. The highest BCUT2D eigenvalue weighted by molar-refractivity contribution is 7.92. The van der Waals surface area contributed by atoms with Crippen molar-refractivity contribution in [3.8, 4) is 5.75 Å². The van der Waals surface area contributed by atoms with Crippen LogP contribution in [-0.4, -0.2) is 43.4 Å². The molecule has 4 rings (SSSR count). The molecule has 1 heterocycles. The number of rotatable bonds is 10. The molecule has 0 radical (unpaired) electrons. The van der Waals surface area contributed by atoms with Gasteiger partial charge in [-0.05, 0) is 48.9 Å². The van der Waals surface area contributed by atoms with Gasteiger partial charge in [0.05, 0.1) is 16.6 Å². The van der Waals surface area contributed by atoms with Gasteiger partial charge in [-0.3, -0.25) is 9.82 Å². The van der Waals surface area contributed by atoms with E-state index >= 15 is 0 Å². The van der Waals surface area contributed by atoms with Crippen molar-refractivity contribution in [3.05, 3.63) is 83.0 Å². The first kappa shape index (κ1) is 24.0. The summed E-state index contributed by atoms with van der Waals surface area (Å²) in [5.74, 6) is 0.722. The molecule has 0 aliphatic heterocycles. The number of benzene rings is 3. The van der Waals surface area contributed by atoms with E-state index in [0.717, 1.165) is 22.3 Å². The zero-order valence-corrected chi connectivity index (χ0v) is 20.0. The normalized spacial score (nSPS) is 12.6. The maximum atomic E-state index is 12.6. The van der Waals surface area contributed by atoms with Crippen molar-refractivity contribution in [2.45, 2.75) is 17.9 Å². The van der Waals surface area contributed by atoms with Crippen LogP contribution in [0.1, 0.15) is 17.4 Å². The minimum Gasteiger partial charge on any atom is -0.492 e. The lowest BCUT2D eigenvalue weighted by Crippen LogP contribution is -2.26. The fourth-order valence-corrected chi connectivity index (χ4v) is 5.07. The number of fused-ring (bicyclic) bond motifs is 1. The maximum absolute atomic E-state index is 12.6. The lowest BCUT2D eigenvalue weighted by Gasteiger charge is -2.15. The summed E-state index contributed by atoms with van der Waals surface area (Å²) in [6.07, 6.45) is -0.826. The van der Waals surface area contributed by atoms with Crippen molar-refractivity contribution in [2.75, 3.05) is 24.4 Å². The topological polar surface area (TPSA) is 116 Å². The summed E-state index contributed by atoms with van der Waals surface area (Å²) in [7, 11) is -3.85. The van der Waals surface area contributed by atoms with Crippen molar-refractivity contribution in [1.82, 2.24) is 15.5 Å². The van der Waals surface area contributed by atoms with Gasteiger partial charge < -0.3 is 15.2 Å². The molecule has 0 unspecified atom stereocenters. The van der Waals surface area contributed by atoms with E-state index in [4.69, 9.17) is 16.3 Å². The van der Waals surface area contributed by atoms with Crippen LogP contribution in [0.3, 0.4) is 0 Å². The van der Waals surface area contributed by atoms with Crippen molar-refractivity contribution >= 4 is 38.2 Å². The molecular weight excluding hydrogens is 476 g/mol. The Hall–Kier alpha value is -3.11. The number of hydrogen-bond donors (Lipinski definition) is 4. The second-order valence-corrected chi connectivity index (χ2v) is 9.82. The summed E-state index contributed by atoms with van der Waals surface area (Å²) in [6.45, 7) is 3.18. The van der Waals surface area contributed by atoms with Crippen LogP contribution in [0.4, 0.5) is 5.69 Å².